The molecule has 18 heteroatoms. The summed E-state index contributed by atoms with van der Waals surface area (Å²) in [5.74, 6) is 0.560. The molecule has 3 fully saturated rings. The molecule has 1 saturated carbocycles. The van der Waals surface area contributed by atoms with Gasteiger partial charge in [0.05, 0.1) is 64.8 Å². The quantitative estimate of drug-likeness (QED) is 0.0534. The van der Waals surface area contributed by atoms with Gasteiger partial charge in [-0.25, -0.2) is 0 Å². The number of carbonyl (C=O) groups excluding carboxylic acids is 5. The van der Waals surface area contributed by atoms with Crippen molar-refractivity contribution >= 4 is 58.2 Å². The summed E-state index contributed by atoms with van der Waals surface area (Å²) in [6.45, 7) is 13.9. The van der Waals surface area contributed by atoms with Crippen LogP contribution in [0.4, 0.5) is 17.1 Å². The Morgan fingerprint density at radius 1 is 0.808 bits per heavy atom. The van der Waals surface area contributed by atoms with E-state index in [2.05, 4.69) is 63.9 Å². The van der Waals surface area contributed by atoms with Crippen LogP contribution in [0.5, 0.6) is 5.75 Å². The summed E-state index contributed by atoms with van der Waals surface area (Å²) < 4.78 is 28.9. The van der Waals surface area contributed by atoms with E-state index < -0.39 is 11.9 Å². The van der Waals surface area contributed by atoms with E-state index in [0.29, 0.717) is 108 Å². The molecule has 4 aromatic rings. The van der Waals surface area contributed by atoms with E-state index in [9.17, 15) is 24.0 Å². The molecule has 418 valence electrons. The number of hydrogen-bond acceptors (Lipinski definition) is 13. The van der Waals surface area contributed by atoms with Crippen molar-refractivity contribution in [2.45, 2.75) is 96.5 Å². The lowest BCUT2D eigenvalue weighted by Crippen LogP contribution is -2.53. The monoisotopic (exact) mass is 1090 g/mol. The SMILES string of the molecule is Cc1cc2c(cc1OC(C)C)[C@H](c1ccc(Cl)cc1)N(c1ccc(N(C)CC3CCC(N4CCN(C(=O)COCCOCCOCCOCCNc5cccc6c5CN(C5CCC(=O)NC5=O)C6=O)CC4)CC3)cc1)C(=O)C2. The Morgan fingerprint density at radius 3 is 2.17 bits per heavy atom. The summed E-state index contributed by atoms with van der Waals surface area (Å²) in [4.78, 5) is 74.4. The zero-order chi connectivity index (χ0) is 54.7. The van der Waals surface area contributed by atoms with Gasteiger partial charge in [0.25, 0.3) is 5.91 Å². The average Bonchev–Trinajstić information content (AvgIpc) is 3.96. The predicted molar refractivity (Wildman–Crippen MR) is 299 cm³/mol. The third-order valence-corrected chi connectivity index (χ3v) is 16.0. The van der Waals surface area contributed by atoms with Crippen LogP contribution in [0.1, 0.15) is 96.6 Å². The van der Waals surface area contributed by atoms with Gasteiger partial charge in [-0.15, -0.1) is 0 Å². The first-order valence-corrected chi connectivity index (χ1v) is 28.2. The lowest BCUT2D eigenvalue weighted by Gasteiger charge is -2.42. The van der Waals surface area contributed by atoms with Crippen LogP contribution in [-0.2, 0) is 51.1 Å². The lowest BCUT2D eigenvalue weighted by atomic mass is 9.84. The molecule has 0 aromatic heterocycles. The molecule has 17 nitrogen and oxygen atoms in total. The summed E-state index contributed by atoms with van der Waals surface area (Å²) in [6.07, 6.45) is 5.51. The second-order valence-corrected chi connectivity index (χ2v) is 21.9. The van der Waals surface area contributed by atoms with Crippen LogP contribution in [0, 0.1) is 12.8 Å². The van der Waals surface area contributed by atoms with Gasteiger partial charge < -0.3 is 48.6 Å². The Bertz CT molecular complexity index is 2730. The van der Waals surface area contributed by atoms with E-state index in [1.165, 1.54) is 0 Å². The van der Waals surface area contributed by atoms with Crippen molar-refractivity contribution in [2.24, 2.45) is 5.92 Å². The average molecular weight is 1090 g/mol. The van der Waals surface area contributed by atoms with Crippen LogP contribution in [0.3, 0.4) is 0 Å². The number of hydrogen-bond donors (Lipinski definition) is 2. The summed E-state index contributed by atoms with van der Waals surface area (Å²) >= 11 is 6.34. The van der Waals surface area contributed by atoms with E-state index in [4.69, 9.17) is 35.3 Å². The number of anilines is 3. The molecule has 5 amide bonds. The molecule has 0 bridgehead atoms. The van der Waals surface area contributed by atoms with Gasteiger partial charge in [0.15, 0.2) is 0 Å². The third-order valence-electron chi connectivity index (χ3n) is 15.7. The molecule has 1 aliphatic carbocycles. The first kappa shape index (κ1) is 56.6. The maximum absolute atomic E-state index is 14.0. The Balaban J connectivity index is 0.611. The number of rotatable bonds is 24. The maximum atomic E-state index is 14.0. The number of fused-ring (bicyclic) bond motifs is 2. The minimum Gasteiger partial charge on any atom is -0.491 e. The summed E-state index contributed by atoms with van der Waals surface area (Å²) in [6, 6.07) is 25.5. The van der Waals surface area contributed by atoms with Crippen LogP contribution < -0.4 is 25.2 Å². The molecular formula is C60H76ClN7O10. The molecule has 9 rings (SSSR count). The van der Waals surface area contributed by atoms with Crippen LogP contribution in [0.2, 0.25) is 5.02 Å². The fraction of sp³-hybridized carbons (Fsp3) is 0.517. The van der Waals surface area contributed by atoms with Gasteiger partial charge in [-0.3, -0.25) is 34.2 Å². The highest BCUT2D eigenvalue weighted by Crippen LogP contribution is 2.43. The van der Waals surface area contributed by atoms with Gasteiger partial charge in [0.2, 0.25) is 23.6 Å². The smallest absolute Gasteiger partial charge is 0.255 e. The number of imide groups is 1. The molecule has 2 atom stereocenters. The number of nitrogens with one attached hydrogen (secondary N) is 2. The van der Waals surface area contributed by atoms with Crippen LogP contribution in [-0.4, -0.2) is 162 Å². The maximum Gasteiger partial charge on any atom is 0.255 e. The zero-order valence-electron chi connectivity index (χ0n) is 45.6. The van der Waals surface area contributed by atoms with E-state index in [0.717, 1.165) is 95.9 Å². The number of amides is 5. The number of aryl methyl sites for hydroxylation is 1. The fourth-order valence-corrected chi connectivity index (χ4v) is 11.8. The minimum absolute atomic E-state index is 0.0160. The fourth-order valence-electron chi connectivity index (χ4n) is 11.7. The number of benzene rings is 4. The van der Waals surface area contributed by atoms with Crippen molar-refractivity contribution in [1.29, 1.82) is 0 Å². The largest absolute Gasteiger partial charge is 0.491 e. The van der Waals surface area contributed by atoms with Gasteiger partial charge in [-0.05, 0) is 136 Å². The second-order valence-electron chi connectivity index (χ2n) is 21.4. The first-order valence-electron chi connectivity index (χ1n) is 27.8. The highest BCUT2D eigenvalue weighted by Gasteiger charge is 2.40. The molecule has 5 aliphatic rings. The minimum atomic E-state index is -0.652. The zero-order valence-corrected chi connectivity index (χ0v) is 46.4. The van der Waals surface area contributed by atoms with Crippen molar-refractivity contribution in [3.8, 4) is 5.75 Å². The molecule has 2 saturated heterocycles. The second kappa shape index (κ2) is 26.7. The number of nitrogens with zero attached hydrogens (tertiary/aromatic N) is 5. The van der Waals surface area contributed by atoms with Gasteiger partial charge in [0.1, 0.15) is 18.4 Å². The highest BCUT2D eigenvalue weighted by atomic mass is 35.5. The molecule has 0 radical (unpaired) electrons. The van der Waals surface area contributed by atoms with Crippen LogP contribution >= 0.6 is 11.6 Å². The Morgan fingerprint density at radius 2 is 1.49 bits per heavy atom. The van der Waals surface area contributed by atoms with Crippen molar-refractivity contribution in [3.63, 3.8) is 0 Å². The molecule has 4 heterocycles. The van der Waals surface area contributed by atoms with Gasteiger partial charge >= 0.3 is 0 Å². The first-order chi connectivity index (χ1) is 37.8. The highest BCUT2D eigenvalue weighted by molar-refractivity contribution is 6.30. The van der Waals surface area contributed by atoms with Crippen molar-refractivity contribution in [1.82, 2.24) is 20.0 Å². The Kier molecular flexibility index (Phi) is 19.4. The number of halogens is 1. The summed E-state index contributed by atoms with van der Waals surface area (Å²) in [7, 11) is 2.16. The number of piperidine rings is 1. The van der Waals surface area contributed by atoms with Gasteiger partial charge in [-0.2, -0.15) is 0 Å². The van der Waals surface area contributed by atoms with Gasteiger partial charge in [0, 0.05) is 98.5 Å². The molecule has 0 spiro atoms. The van der Waals surface area contributed by atoms with E-state index in [-0.39, 0.29) is 48.8 Å². The van der Waals surface area contributed by atoms with E-state index in [1.54, 1.807) is 11.0 Å². The molecule has 2 N–H and O–H groups in total. The Hall–Kier alpha value is -6.08. The van der Waals surface area contributed by atoms with Gasteiger partial charge in [-0.1, -0.05) is 35.9 Å². The van der Waals surface area contributed by atoms with Crippen molar-refractivity contribution < 1.29 is 47.7 Å². The molecule has 78 heavy (non-hydrogen) atoms. The molecular weight excluding hydrogens is 1010 g/mol. The normalized spacial score (nSPS) is 20.7. The van der Waals surface area contributed by atoms with Crippen LogP contribution in [0.25, 0.3) is 0 Å². The summed E-state index contributed by atoms with van der Waals surface area (Å²) in [5, 5.41) is 6.33. The number of carbonyl (C=O) groups is 5. The topological polar surface area (TPSA) is 172 Å². The molecule has 4 aliphatic heterocycles. The van der Waals surface area contributed by atoms with Crippen molar-refractivity contribution in [2.75, 3.05) is 114 Å². The van der Waals surface area contributed by atoms with Crippen LogP contribution in [0.15, 0.2) is 78.9 Å². The number of ether oxygens (including phenoxy) is 5. The standard InChI is InChI=1S/C60H76ClN7O10/c1-40(2)78-54-36-50-44(34-41(54)3)35-56(70)68(58(50)43-10-12-45(61)13-11-43)48-18-16-46(17-19-48)64(4)37-42-8-14-47(15-9-42)65-23-25-66(26-24-65)57(71)39-77-33-32-76-31-30-75-29-28-74-27-22-62-52-7-5-6-49-51(52)38-67(60(49)73)53-20-21-55(69)63-59(53)72/h5-7,10-13,16-19,34,36,40,42,47,53,58,62H,8-9,14-15,20-33,35,37-39H2,1-4H3,(H,63,69,72)/t42?,47?,53?,58-/m0/s1. The van der Waals surface area contributed by atoms with E-state index >= 15 is 0 Å². The van der Waals surface area contributed by atoms with E-state index in [1.807, 2.05) is 67.0 Å². The van der Waals surface area contributed by atoms with Crippen molar-refractivity contribution in [3.05, 3.63) is 117 Å². The third kappa shape index (κ3) is 14.0. The predicted octanol–water partition coefficient (Wildman–Crippen LogP) is 7.19. The molecule has 4 aromatic carbocycles. The number of piperazine rings is 1. The lowest BCUT2D eigenvalue weighted by molar-refractivity contribution is -0.139. The summed E-state index contributed by atoms with van der Waals surface area (Å²) in [5.41, 5.74) is 8.31. The molecule has 1 unspecified atom stereocenters. The Labute approximate surface area is 463 Å².